The zero-order chi connectivity index (χ0) is 21.1. The molecule has 0 aromatic carbocycles. The number of aryl methyl sites for hydroxylation is 3. The molecule has 4 rings (SSSR count). The lowest BCUT2D eigenvalue weighted by atomic mass is 10.0. The number of halogens is 1. The van der Waals surface area contributed by atoms with Crippen molar-refractivity contribution in [1.82, 2.24) is 29.8 Å². The molecule has 1 fully saturated rings. The van der Waals surface area contributed by atoms with E-state index in [0.717, 1.165) is 66.8 Å². The van der Waals surface area contributed by atoms with E-state index in [1.807, 2.05) is 45.0 Å². The van der Waals surface area contributed by atoms with Gasteiger partial charge in [0, 0.05) is 35.9 Å². The zero-order valence-corrected chi connectivity index (χ0v) is 18.3. The molecule has 0 radical (unpaired) electrons. The Balaban J connectivity index is 1.58. The molecule has 0 bridgehead atoms. The topological polar surface area (TPSA) is 79.7 Å². The van der Waals surface area contributed by atoms with Crippen LogP contribution in [-0.2, 0) is 6.54 Å². The minimum Gasteiger partial charge on any atom is -0.309 e. The second kappa shape index (κ2) is 9.02. The van der Waals surface area contributed by atoms with E-state index in [0.29, 0.717) is 11.0 Å². The highest BCUT2D eigenvalue weighted by Gasteiger charge is 2.27. The van der Waals surface area contributed by atoms with Crippen molar-refractivity contribution in [2.24, 2.45) is 0 Å². The fourth-order valence-corrected chi connectivity index (χ4v) is 3.99. The summed E-state index contributed by atoms with van der Waals surface area (Å²) in [5, 5.41) is 3.91. The number of nitrogens with one attached hydrogen (secondary N) is 1. The van der Waals surface area contributed by atoms with E-state index in [2.05, 4.69) is 25.2 Å². The number of likely N-dealkylation sites (tertiary alicyclic amines) is 1. The lowest BCUT2D eigenvalue weighted by Gasteiger charge is -2.34. The van der Waals surface area contributed by atoms with E-state index in [-0.39, 0.29) is 6.04 Å². The Morgan fingerprint density at radius 1 is 1.00 bits per heavy atom. The smallest absolute Gasteiger partial charge is 0.228 e. The van der Waals surface area contributed by atoms with Gasteiger partial charge in [0.1, 0.15) is 11.6 Å². The van der Waals surface area contributed by atoms with Crippen LogP contribution < -0.4 is 5.32 Å². The van der Waals surface area contributed by atoms with Crippen LogP contribution in [0.25, 0.3) is 0 Å². The largest absolute Gasteiger partial charge is 0.309 e. The lowest BCUT2D eigenvalue weighted by Crippen LogP contribution is -2.34. The molecule has 3 aromatic rings. The summed E-state index contributed by atoms with van der Waals surface area (Å²) in [6.45, 7) is 7.66. The van der Waals surface area contributed by atoms with E-state index < -0.39 is 0 Å². The highest BCUT2D eigenvalue weighted by Crippen LogP contribution is 2.31. The molecule has 0 spiro atoms. The van der Waals surface area contributed by atoms with Gasteiger partial charge in [-0.3, -0.25) is 9.88 Å². The van der Waals surface area contributed by atoms with Crippen molar-refractivity contribution < 1.29 is 0 Å². The molecule has 0 aliphatic carbocycles. The maximum atomic E-state index is 5.99. The van der Waals surface area contributed by atoms with Gasteiger partial charge in [-0.25, -0.2) is 19.9 Å². The average molecular weight is 424 g/mol. The molecule has 4 heterocycles. The van der Waals surface area contributed by atoms with Gasteiger partial charge in [0.2, 0.25) is 5.95 Å². The highest BCUT2D eigenvalue weighted by atomic mass is 35.5. The predicted octanol–water partition coefficient (Wildman–Crippen LogP) is 4.71. The van der Waals surface area contributed by atoms with Gasteiger partial charge in [-0.2, -0.15) is 0 Å². The molecule has 1 aliphatic heterocycles. The molecule has 1 atom stereocenters. The summed E-state index contributed by atoms with van der Waals surface area (Å²) >= 11 is 5.99. The van der Waals surface area contributed by atoms with Gasteiger partial charge in [-0.05, 0) is 58.4 Å². The number of hydrogen-bond donors (Lipinski definition) is 1. The zero-order valence-electron chi connectivity index (χ0n) is 17.6. The van der Waals surface area contributed by atoms with Crippen molar-refractivity contribution in [3.63, 3.8) is 0 Å². The van der Waals surface area contributed by atoms with Crippen molar-refractivity contribution in [3.05, 3.63) is 64.1 Å². The Bertz CT molecular complexity index is 1000. The number of piperidine rings is 1. The van der Waals surface area contributed by atoms with Crippen LogP contribution in [0.4, 0.5) is 11.8 Å². The van der Waals surface area contributed by atoms with Crippen LogP contribution in [0.5, 0.6) is 0 Å². The number of nitrogens with zero attached hydrogens (tertiary/aromatic N) is 6. The van der Waals surface area contributed by atoms with Crippen LogP contribution >= 0.6 is 11.6 Å². The summed E-state index contributed by atoms with van der Waals surface area (Å²) in [6, 6.07) is 7.90. The number of anilines is 2. The number of hydrogen-bond acceptors (Lipinski definition) is 7. The summed E-state index contributed by atoms with van der Waals surface area (Å²) < 4.78 is 0. The maximum absolute atomic E-state index is 5.99. The number of aromatic nitrogens is 5. The Labute approximate surface area is 182 Å². The molecule has 1 N–H and O–H groups in total. The van der Waals surface area contributed by atoms with Crippen molar-refractivity contribution in [2.45, 2.75) is 52.6 Å². The van der Waals surface area contributed by atoms with Gasteiger partial charge < -0.3 is 5.32 Å². The van der Waals surface area contributed by atoms with Gasteiger partial charge in [0.05, 0.1) is 16.8 Å². The van der Waals surface area contributed by atoms with E-state index in [9.17, 15) is 0 Å². The molecular formula is C22H26ClN7. The maximum Gasteiger partial charge on any atom is 0.228 e. The van der Waals surface area contributed by atoms with E-state index in [1.54, 1.807) is 6.20 Å². The molecule has 0 saturated carbocycles. The third-order valence-electron chi connectivity index (χ3n) is 5.16. The van der Waals surface area contributed by atoms with E-state index >= 15 is 0 Å². The van der Waals surface area contributed by atoms with Gasteiger partial charge >= 0.3 is 0 Å². The molecule has 30 heavy (non-hydrogen) atoms. The summed E-state index contributed by atoms with van der Waals surface area (Å²) in [6.07, 6.45) is 5.05. The third-order valence-corrected chi connectivity index (χ3v) is 5.38. The Morgan fingerprint density at radius 2 is 1.77 bits per heavy atom. The molecule has 1 saturated heterocycles. The second-order valence-electron chi connectivity index (χ2n) is 7.80. The predicted molar refractivity (Wildman–Crippen MR) is 118 cm³/mol. The lowest BCUT2D eigenvalue weighted by molar-refractivity contribution is 0.132. The number of pyridine rings is 1. The summed E-state index contributed by atoms with van der Waals surface area (Å²) in [7, 11) is 0. The molecular weight excluding hydrogens is 398 g/mol. The van der Waals surface area contributed by atoms with Gasteiger partial charge in [-0.15, -0.1) is 0 Å². The van der Waals surface area contributed by atoms with Crippen molar-refractivity contribution in [1.29, 1.82) is 0 Å². The average Bonchev–Trinajstić information content (AvgIpc) is 2.69. The molecule has 0 amide bonds. The SMILES string of the molecule is Cc1cc(C)nc(Nc2cc(C)nc(C3CCCCN3Cc3ccc(Cl)cn3)n2)n1. The van der Waals surface area contributed by atoms with Crippen LogP contribution in [-0.4, -0.2) is 36.4 Å². The fourth-order valence-electron chi connectivity index (χ4n) is 3.88. The Morgan fingerprint density at radius 3 is 2.50 bits per heavy atom. The van der Waals surface area contributed by atoms with Crippen molar-refractivity contribution in [3.8, 4) is 0 Å². The minimum absolute atomic E-state index is 0.150. The quantitative estimate of drug-likeness (QED) is 0.636. The van der Waals surface area contributed by atoms with Crippen LogP contribution in [0.15, 0.2) is 30.5 Å². The van der Waals surface area contributed by atoms with Gasteiger partial charge in [0.15, 0.2) is 0 Å². The van der Waals surface area contributed by atoms with E-state index in [4.69, 9.17) is 21.6 Å². The Hall–Kier alpha value is -2.64. The third kappa shape index (κ3) is 5.09. The normalized spacial score (nSPS) is 17.1. The summed E-state index contributed by atoms with van der Waals surface area (Å²) in [5.74, 6) is 2.11. The molecule has 1 aliphatic rings. The number of rotatable bonds is 5. The van der Waals surface area contributed by atoms with Crippen LogP contribution in [0.1, 0.15) is 53.9 Å². The molecule has 3 aromatic heterocycles. The fraction of sp³-hybridized carbons (Fsp3) is 0.409. The van der Waals surface area contributed by atoms with E-state index in [1.165, 1.54) is 0 Å². The highest BCUT2D eigenvalue weighted by molar-refractivity contribution is 6.30. The van der Waals surface area contributed by atoms with Crippen molar-refractivity contribution >= 4 is 23.4 Å². The first-order valence-electron chi connectivity index (χ1n) is 10.3. The first-order valence-corrected chi connectivity index (χ1v) is 10.6. The van der Waals surface area contributed by atoms with Crippen LogP contribution in [0.2, 0.25) is 5.02 Å². The molecule has 1 unspecified atom stereocenters. The standard InChI is InChI=1S/C22H26ClN7/c1-14-10-15(2)27-22(26-14)29-20-11-16(3)25-21(28-20)19-6-4-5-9-30(19)13-18-8-7-17(23)12-24-18/h7-8,10-12,19H,4-6,9,13H2,1-3H3,(H,25,26,27,28,29). The van der Waals surface area contributed by atoms with Crippen LogP contribution in [0, 0.1) is 20.8 Å². The molecule has 8 heteroatoms. The van der Waals surface area contributed by atoms with Gasteiger partial charge in [0.25, 0.3) is 0 Å². The first-order chi connectivity index (χ1) is 14.5. The molecule has 156 valence electrons. The Kier molecular flexibility index (Phi) is 6.20. The van der Waals surface area contributed by atoms with Crippen LogP contribution in [0.3, 0.4) is 0 Å². The molecule has 7 nitrogen and oxygen atoms in total. The van der Waals surface area contributed by atoms with Crippen molar-refractivity contribution in [2.75, 3.05) is 11.9 Å². The summed E-state index contributed by atoms with van der Waals surface area (Å²) in [4.78, 5) is 25.4. The minimum atomic E-state index is 0.150. The monoisotopic (exact) mass is 423 g/mol. The van der Waals surface area contributed by atoms with Gasteiger partial charge in [-0.1, -0.05) is 18.0 Å². The first kappa shape index (κ1) is 20.6. The summed E-state index contributed by atoms with van der Waals surface area (Å²) in [5.41, 5.74) is 3.76. The second-order valence-corrected chi connectivity index (χ2v) is 8.24.